The van der Waals surface area contributed by atoms with Crippen LogP contribution in [0.5, 0.6) is 11.5 Å². The number of carbonyl (C=O) groups is 3. The molecule has 3 amide bonds. The summed E-state index contributed by atoms with van der Waals surface area (Å²) in [6, 6.07) is 10.7. The molecular weight excluding hydrogens is 422 g/mol. The van der Waals surface area contributed by atoms with E-state index in [2.05, 4.69) is 10.2 Å². The SMILES string of the molecule is Cc1ccc(COc2cccc3c2CN(C2CCC(=O)NC2=O)C3=O)cc1OCCN(C)C. The molecule has 1 fully saturated rings. The highest BCUT2D eigenvalue weighted by molar-refractivity contribution is 6.05. The van der Waals surface area contributed by atoms with Crippen molar-refractivity contribution in [1.29, 1.82) is 0 Å². The van der Waals surface area contributed by atoms with Gasteiger partial charge in [-0.2, -0.15) is 0 Å². The second-order valence-corrected chi connectivity index (χ2v) is 8.72. The third-order valence-corrected chi connectivity index (χ3v) is 5.98. The molecule has 8 nitrogen and oxygen atoms in total. The lowest BCUT2D eigenvalue weighted by Crippen LogP contribution is -2.52. The second kappa shape index (κ2) is 9.62. The maximum absolute atomic E-state index is 13.0. The van der Waals surface area contributed by atoms with E-state index in [1.54, 1.807) is 12.1 Å². The van der Waals surface area contributed by atoms with Crippen LogP contribution in [-0.4, -0.2) is 60.8 Å². The molecule has 33 heavy (non-hydrogen) atoms. The van der Waals surface area contributed by atoms with E-state index in [-0.39, 0.29) is 24.8 Å². The first-order valence-corrected chi connectivity index (χ1v) is 11.1. The van der Waals surface area contributed by atoms with Crippen molar-refractivity contribution in [2.24, 2.45) is 0 Å². The summed E-state index contributed by atoms with van der Waals surface area (Å²) in [4.78, 5) is 40.3. The first kappa shape index (κ1) is 22.8. The Labute approximate surface area is 193 Å². The summed E-state index contributed by atoms with van der Waals surface area (Å²) in [5.74, 6) is 0.516. The zero-order valence-electron chi connectivity index (χ0n) is 19.2. The van der Waals surface area contributed by atoms with E-state index in [0.29, 0.717) is 30.9 Å². The van der Waals surface area contributed by atoms with Crippen molar-refractivity contribution in [2.75, 3.05) is 27.2 Å². The van der Waals surface area contributed by atoms with E-state index in [9.17, 15) is 14.4 Å². The van der Waals surface area contributed by atoms with Gasteiger partial charge in [0.05, 0.1) is 6.54 Å². The number of nitrogens with zero attached hydrogens (tertiary/aromatic N) is 2. The molecule has 1 saturated heterocycles. The lowest BCUT2D eigenvalue weighted by atomic mass is 10.0. The van der Waals surface area contributed by atoms with Gasteiger partial charge in [-0.1, -0.05) is 18.2 Å². The third kappa shape index (κ3) is 5.01. The fourth-order valence-electron chi connectivity index (χ4n) is 4.08. The van der Waals surface area contributed by atoms with Gasteiger partial charge in [0.15, 0.2) is 0 Å². The number of imide groups is 1. The average Bonchev–Trinajstić information content (AvgIpc) is 3.11. The van der Waals surface area contributed by atoms with Crippen LogP contribution >= 0.6 is 0 Å². The van der Waals surface area contributed by atoms with Crippen LogP contribution in [0, 0.1) is 6.92 Å². The summed E-state index contributed by atoms with van der Waals surface area (Å²) in [5.41, 5.74) is 3.32. The molecule has 0 spiro atoms. The van der Waals surface area contributed by atoms with Crippen LogP contribution in [0.4, 0.5) is 0 Å². The van der Waals surface area contributed by atoms with Crippen molar-refractivity contribution in [2.45, 2.75) is 39.0 Å². The van der Waals surface area contributed by atoms with Crippen LogP contribution in [0.15, 0.2) is 36.4 Å². The molecule has 0 radical (unpaired) electrons. The molecule has 2 aliphatic rings. The first-order valence-electron chi connectivity index (χ1n) is 11.1. The quantitative estimate of drug-likeness (QED) is 0.620. The number of hydrogen-bond acceptors (Lipinski definition) is 6. The summed E-state index contributed by atoms with van der Waals surface area (Å²) < 4.78 is 12.0. The number of fused-ring (bicyclic) bond motifs is 1. The van der Waals surface area contributed by atoms with Gasteiger partial charge in [0, 0.05) is 24.1 Å². The lowest BCUT2D eigenvalue weighted by Gasteiger charge is -2.29. The van der Waals surface area contributed by atoms with E-state index in [4.69, 9.17) is 9.47 Å². The number of hydrogen-bond donors (Lipinski definition) is 1. The van der Waals surface area contributed by atoms with Gasteiger partial charge >= 0.3 is 0 Å². The highest BCUT2D eigenvalue weighted by Crippen LogP contribution is 2.34. The Kier molecular flexibility index (Phi) is 6.65. The summed E-state index contributed by atoms with van der Waals surface area (Å²) in [5, 5.41) is 2.33. The number of nitrogens with one attached hydrogen (secondary N) is 1. The number of likely N-dealkylation sites (N-methyl/N-ethyl adjacent to an activating group) is 1. The number of benzene rings is 2. The number of aryl methyl sites for hydroxylation is 1. The Morgan fingerprint density at radius 3 is 2.67 bits per heavy atom. The molecule has 1 unspecified atom stereocenters. The van der Waals surface area contributed by atoms with Crippen molar-refractivity contribution in [3.05, 3.63) is 58.7 Å². The summed E-state index contributed by atoms with van der Waals surface area (Å²) >= 11 is 0. The smallest absolute Gasteiger partial charge is 0.255 e. The first-order chi connectivity index (χ1) is 15.8. The van der Waals surface area contributed by atoms with Crippen LogP contribution in [0.25, 0.3) is 0 Å². The molecule has 2 aromatic carbocycles. The van der Waals surface area contributed by atoms with Gasteiger partial charge in [0.25, 0.3) is 5.91 Å². The van der Waals surface area contributed by atoms with E-state index >= 15 is 0 Å². The minimum Gasteiger partial charge on any atom is -0.492 e. The van der Waals surface area contributed by atoms with Crippen molar-refractivity contribution in [3.63, 3.8) is 0 Å². The fraction of sp³-hybridized carbons (Fsp3) is 0.400. The topological polar surface area (TPSA) is 88.2 Å². The van der Waals surface area contributed by atoms with Crippen molar-refractivity contribution >= 4 is 17.7 Å². The molecule has 2 heterocycles. The molecule has 1 atom stereocenters. The molecule has 2 aromatic rings. The number of piperidine rings is 1. The van der Waals surface area contributed by atoms with Gasteiger partial charge in [0.2, 0.25) is 11.8 Å². The largest absolute Gasteiger partial charge is 0.492 e. The molecule has 0 bridgehead atoms. The molecule has 0 aromatic heterocycles. The maximum atomic E-state index is 13.0. The van der Waals surface area contributed by atoms with Crippen molar-refractivity contribution in [1.82, 2.24) is 15.1 Å². The van der Waals surface area contributed by atoms with Crippen molar-refractivity contribution < 1.29 is 23.9 Å². The monoisotopic (exact) mass is 451 g/mol. The zero-order chi connectivity index (χ0) is 23.5. The predicted octanol–water partition coefficient (Wildman–Crippen LogP) is 2.28. The van der Waals surface area contributed by atoms with Crippen LogP contribution in [-0.2, 0) is 22.7 Å². The van der Waals surface area contributed by atoms with E-state index in [1.807, 2.05) is 45.3 Å². The number of carbonyl (C=O) groups excluding carboxylic acids is 3. The molecule has 8 heteroatoms. The van der Waals surface area contributed by atoms with Crippen LogP contribution < -0.4 is 14.8 Å². The summed E-state index contributed by atoms with van der Waals surface area (Å²) in [6.45, 7) is 4.04. The van der Waals surface area contributed by atoms with E-state index in [0.717, 1.165) is 29.0 Å². The average molecular weight is 452 g/mol. The Balaban J connectivity index is 1.45. The van der Waals surface area contributed by atoms with Crippen LogP contribution in [0.1, 0.15) is 39.9 Å². The molecular formula is C25H29N3O5. The molecule has 174 valence electrons. The highest BCUT2D eigenvalue weighted by atomic mass is 16.5. The molecule has 0 saturated carbocycles. The number of ether oxygens (including phenoxy) is 2. The van der Waals surface area contributed by atoms with Gasteiger partial charge in [-0.05, 0) is 56.8 Å². The standard InChI is InChI=1S/C25H29N3O5/c1-16-7-8-17(13-22(16)32-12-11-27(2)3)15-33-21-6-4-5-18-19(21)14-28(25(18)31)20-9-10-23(29)26-24(20)30/h4-8,13,20H,9-12,14-15H2,1-3H3,(H,26,29,30). The minimum atomic E-state index is -0.644. The molecule has 1 N–H and O–H groups in total. The Hall–Kier alpha value is -3.39. The van der Waals surface area contributed by atoms with Gasteiger partial charge in [-0.3, -0.25) is 19.7 Å². The van der Waals surface area contributed by atoms with Crippen LogP contribution in [0.2, 0.25) is 0 Å². The molecule has 4 rings (SSSR count). The Morgan fingerprint density at radius 2 is 1.91 bits per heavy atom. The van der Waals surface area contributed by atoms with Gasteiger partial charge in [0.1, 0.15) is 30.8 Å². The van der Waals surface area contributed by atoms with Gasteiger partial charge in [-0.15, -0.1) is 0 Å². The number of rotatable bonds is 8. The Morgan fingerprint density at radius 1 is 1.09 bits per heavy atom. The summed E-state index contributed by atoms with van der Waals surface area (Å²) in [7, 11) is 4.01. The molecule has 0 aliphatic carbocycles. The van der Waals surface area contributed by atoms with Crippen LogP contribution in [0.3, 0.4) is 0 Å². The third-order valence-electron chi connectivity index (χ3n) is 5.98. The molecule has 2 aliphatic heterocycles. The maximum Gasteiger partial charge on any atom is 0.255 e. The Bertz CT molecular complexity index is 1080. The zero-order valence-corrected chi connectivity index (χ0v) is 19.2. The highest BCUT2D eigenvalue weighted by Gasteiger charge is 2.40. The van der Waals surface area contributed by atoms with E-state index in [1.165, 1.54) is 4.90 Å². The number of amides is 3. The fourth-order valence-corrected chi connectivity index (χ4v) is 4.08. The lowest BCUT2D eigenvalue weighted by molar-refractivity contribution is -0.136. The van der Waals surface area contributed by atoms with Crippen molar-refractivity contribution in [3.8, 4) is 11.5 Å². The predicted molar refractivity (Wildman–Crippen MR) is 122 cm³/mol. The summed E-state index contributed by atoms with van der Waals surface area (Å²) in [6.07, 6.45) is 0.562. The van der Waals surface area contributed by atoms with E-state index < -0.39 is 11.9 Å². The second-order valence-electron chi connectivity index (χ2n) is 8.72. The van der Waals surface area contributed by atoms with Gasteiger partial charge < -0.3 is 19.3 Å². The minimum absolute atomic E-state index is 0.211. The normalized spacial score (nSPS) is 17.9. The van der Waals surface area contributed by atoms with Gasteiger partial charge in [-0.25, -0.2) is 0 Å².